The Kier molecular flexibility index (Phi) is 38.5. The average Bonchev–Trinajstić information content (AvgIpc) is 2.91. The zero-order chi connectivity index (χ0) is 38.2. The number of nitrogens with one attached hydrogen (secondary N) is 3. The van der Waals surface area contributed by atoms with Crippen molar-refractivity contribution in [3.8, 4) is 0 Å². The van der Waals surface area contributed by atoms with Crippen molar-refractivity contribution in [1.29, 1.82) is 0 Å². The van der Waals surface area contributed by atoms with E-state index in [2.05, 4.69) is 99.0 Å². The highest BCUT2D eigenvalue weighted by atomic mass is 16.2. The number of unbranched alkanes of at least 4 members (excludes halogenated alkanes) is 1. The molecule has 0 radical (unpaired) electrons. The van der Waals surface area contributed by atoms with Gasteiger partial charge in [-0.2, -0.15) is 0 Å². The molecule has 0 aliphatic rings. The van der Waals surface area contributed by atoms with Crippen LogP contribution in [0.1, 0.15) is 188 Å². The normalized spacial score (nSPS) is 10.9. The van der Waals surface area contributed by atoms with E-state index in [1.165, 1.54) is 19.3 Å². The van der Waals surface area contributed by atoms with Gasteiger partial charge in [0.15, 0.2) is 0 Å². The molecule has 0 bridgehead atoms. The molecule has 0 aromatic carbocycles. The van der Waals surface area contributed by atoms with Crippen molar-refractivity contribution in [3.05, 3.63) is 0 Å². The van der Waals surface area contributed by atoms with E-state index in [0.717, 1.165) is 56.9 Å². The molecule has 0 unspecified atom stereocenters. The highest BCUT2D eigenvalue weighted by Gasteiger charge is 2.06. The third-order valence-electron chi connectivity index (χ3n) is 6.81. The fourth-order valence-electron chi connectivity index (χ4n) is 4.14. The van der Waals surface area contributed by atoms with E-state index in [0.29, 0.717) is 48.7 Å². The summed E-state index contributed by atoms with van der Waals surface area (Å²) in [4.78, 5) is 44.6. The Bertz CT molecular complexity index is 758. The summed E-state index contributed by atoms with van der Waals surface area (Å²) in [6.07, 6.45) is 11.2. The molecule has 0 aliphatic carbocycles. The Labute approximate surface area is 300 Å². The molecule has 0 aromatic heterocycles. The second-order valence-corrected chi connectivity index (χ2v) is 16.6. The monoisotopic (exact) mass is 684 g/mol. The van der Waals surface area contributed by atoms with Crippen LogP contribution in [0.15, 0.2) is 0 Å². The zero-order valence-electron chi connectivity index (χ0n) is 34.9. The van der Waals surface area contributed by atoms with Crippen molar-refractivity contribution in [2.45, 2.75) is 200 Å². The molecule has 0 aromatic rings. The van der Waals surface area contributed by atoms with Gasteiger partial charge < -0.3 is 16.0 Å². The number of hydrogen-bond donors (Lipinski definition) is 3. The fraction of sp³-hybridized carbons (Fsp3) is 0.902. The number of carbonyl (C=O) groups excluding carboxylic acids is 4. The summed E-state index contributed by atoms with van der Waals surface area (Å²) in [5.41, 5.74) is 0. The van der Waals surface area contributed by atoms with Crippen LogP contribution >= 0.6 is 0 Å². The van der Waals surface area contributed by atoms with Crippen LogP contribution in [0.4, 0.5) is 0 Å². The minimum absolute atomic E-state index is 0.175. The van der Waals surface area contributed by atoms with Crippen LogP contribution in [0, 0.1) is 35.5 Å². The van der Waals surface area contributed by atoms with Crippen molar-refractivity contribution in [3.63, 3.8) is 0 Å². The predicted octanol–water partition coefficient (Wildman–Crippen LogP) is 10.3. The summed E-state index contributed by atoms with van der Waals surface area (Å²) >= 11 is 0. The van der Waals surface area contributed by atoms with Crippen molar-refractivity contribution >= 4 is 23.5 Å². The molecule has 0 atom stereocenters. The number of amides is 3. The third kappa shape index (κ3) is 56.4. The van der Waals surface area contributed by atoms with Gasteiger partial charge in [0.25, 0.3) is 0 Å². The molecule has 0 heterocycles. The maximum Gasteiger partial charge on any atom is 0.220 e. The number of ketones is 1. The van der Waals surface area contributed by atoms with E-state index < -0.39 is 0 Å². The lowest BCUT2D eigenvalue weighted by Crippen LogP contribution is -2.29. The van der Waals surface area contributed by atoms with Crippen molar-refractivity contribution in [2.75, 3.05) is 6.54 Å². The van der Waals surface area contributed by atoms with Gasteiger partial charge in [-0.1, -0.05) is 102 Å². The van der Waals surface area contributed by atoms with Gasteiger partial charge in [0.1, 0.15) is 5.78 Å². The maximum atomic E-state index is 11.2. The van der Waals surface area contributed by atoms with E-state index in [-0.39, 0.29) is 29.8 Å². The Morgan fingerprint density at radius 2 is 0.792 bits per heavy atom. The Hall–Kier alpha value is -1.92. The van der Waals surface area contributed by atoms with Gasteiger partial charge in [0, 0.05) is 50.7 Å². The Morgan fingerprint density at radius 3 is 1.17 bits per heavy atom. The van der Waals surface area contributed by atoms with Gasteiger partial charge in [0.05, 0.1) is 0 Å². The second kappa shape index (κ2) is 34.9. The van der Waals surface area contributed by atoms with Gasteiger partial charge in [-0.05, 0) is 88.9 Å². The molecule has 288 valence electrons. The number of hydrogen-bond acceptors (Lipinski definition) is 4. The first-order chi connectivity index (χ1) is 22.1. The fourth-order valence-corrected chi connectivity index (χ4v) is 4.14. The molecular weight excluding hydrogens is 598 g/mol. The lowest BCUT2D eigenvalue weighted by atomic mass is 10.0. The Morgan fingerprint density at radius 1 is 0.396 bits per heavy atom. The lowest BCUT2D eigenvalue weighted by Gasteiger charge is -2.08. The van der Waals surface area contributed by atoms with E-state index in [4.69, 9.17) is 0 Å². The largest absolute Gasteiger partial charge is 0.356 e. The van der Waals surface area contributed by atoms with Crippen LogP contribution in [-0.2, 0) is 19.2 Å². The van der Waals surface area contributed by atoms with Crippen molar-refractivity contribution in [2.24, 2.45) is 35.5 Å². The van der Waals surface area contributed by atoms with Gasteiger partial charge in [-0.15, -0.1) is 0 Å². The molecule has 3 N–H and O–H groups in total. The van der Waals surface area contributed by atoms with Gasteiger partial charge >= 0.3 is 0 Å². The van der Waals surface area contributed by atoms with Crippen LogP contribution < -0.4 is 16.0 Å². The third-order valence-corrected chi connectivity index (χ3v) is 6.81. The maximum absolute atomic E-state index is 11.2. The minimum atomic E-state index is 0.175. The predicted molar refractivity (Wildman–Crippen MR) is 209 cm³/mol. The zero-order valence-corrected chi connectivity index (χ0v) is 34.9. The molecule has 48 heavy (non-hydrogen) atoms. The molecule has 0 fully saturated rings. The number of Topliss-reactive ketones (excluding diaryl/α,β-unsaturated/α-hetero) is 1. The summed E-state index contributed by atoms with van der Waals surface area (Å²) in [6, 6.07) is 0.548. The van der Waals surface area contributed by atoms with E-state index in [1.807, 2.05) is 27.7 Å². The number of rotatable bonds is 21. The van der Waals surface area contributed by atoms with Crippen molar-refractivity contribution in [1.82, 2.24) is 16.0 Å². The molecule has 0 aliphatic heterocycles. The van der Waals surface area contributed by atoms with Gasteiger partial charge in [0.2, 0.25) is 17.7 Å². The SMILES string of the molecule is CC(C)CCC(=O)NC(C)C.CC(C)CCC(=O)NCC(C)C.CC(C)CCCC(=O)CC(C)C.CC(C)CCCCC(=O)NC(C)C. The smallest absolute Gasteiger partial charge is 0.220 e. The molecule has 0 saturated heterocycles. The van der Waals surface area contributed by atoms with E-state index in [9.17, 15) is 19.2 Å². The highest BCUT2D eigenvalue weighted by Crippen LogP contribution is 2.10. The topological polar surface area (TPSA) is 104 Å². The van der Waals surface area contributed by atoms with Crippen LogP contribution in [0.25, 0.3) is 0 Å². The Balaban J connectivity index is -0.000000269. The average molecular weight is 684 g/mol. The molecule has 7 heteroatoms. The summed E-state index contributed by atoms with van der Waals surface area (Å²) < 4.78 is 0. The van der Waals surface area contributed by atoms with Crippen LogP contribution in [-0.4, -0.2) is 42.1 Å². The first-order valence-corrected chi connectivity index (χ1v) is 19.5. The molecule has 7 nitrogen and oxygen atoms in total. The van der Waals surface area contributed by atoms with Crippen molar-refractivity contribution < 1.29 is 19.2 Å². The first kappa shape index (κ1) is 52.9. The van der Waals surface area contributed by atoms with E-state index >= 15 is 0 Å². The molecule has 0 saturated carbocycles. The second-order valence-electron chi connectivity index (χ2n) is 16.6. The summed E-state index contributed by atoms with van der Waals surface area (Å²) in [6.45, 7) is 34.5. The summed E-state index contributed by atoms with van der Waals surface area (Å²) in [5.74, 6) is 4.80. The quantitative estimate of drug-likeness (QED) is 0.105. The van der Waals surface area contributed by atoms with Gasteiger partial charge in [-0.3, -0.25) is 19.2 Å². The van der Waals surface area contributed by atoms with E-state index in [1.54, 1.807) is 0 Å². The molecular formula is C41H85N3O4. The first-order valence-electron chi connectivity index (χ1n) is 19.5. The van der Waals surface area contributed by atoms with Gasteiger partial charge in [-0.25, -0.2) is 0 Å². The molecule has 0 rings (SSSR count). The summed E-state index contributed by atoms with van der Waals surface area (Å²) in [5, 5.41) is 8.65. The van der Waals surface area contributed by atoms with Crippen LogP contribution in [0.5, 0.6) is 0 Å². The standard InChI is InChI=1S/C11H23NO.C11H22O.C10H21NO.C9H19NO/c1-9(2)7-5-6-8-11(13)12-10(3)4;1-9(2)6-5-7-11(12)8-10(3)4;1-8(2)5-6-10(12)11-7-9(3)4;1-7(2)5-6-9(11)10-8(3)4/h9-10H,5-8H2,1-4H3,(H,12,13);9-10H,5-8H2,1-4H3;8-9H,5-7H2,1-4H3,(H,11,12);7-8H,5-6H2,1-4H3,(H,10,11). The lowest BCUT2D eigenvalue weighted by molar-refractivity contribution is -0.122. The summed E-state index contributed by atoms with van der Waals surface area (Å²) in [7, 11) is 0. The minimum Gasteiger partial charge on any atom is -0.356 e. The van der Waals surface area contributed by atoms with Crippen LogP contribution in [0.3, 0.4) is 0 Å². The number of carbonyl (C=O) groups is 4. The highest BCUT2D eigenvalue weighted by molar-refractivity contribution is 5.78. The van der Waals surface area contributed by atoms with Crippen LogP contribution in [0.2, 0.25) is 0 Å². The molecule has 3 amide bonds. The molecule has 0 spiro atoms.